The zero-order valence-electron chi connectivity index (χ0n) is 12.4. The molecule has 4 aromatic carbocycles. The van der Waals surface area contributed by atoms with Gasteiger partial charge in [0.1, 0.15) is 6.10 Å². The van der Waals surface area contributed by atoms with E-state index in [2.05, 4.69) is 24.3 Å². The van der Waals surface area contributed by atoms with Crippen LogP contribution in [-0.4, -0.2) is 13.0 Å². The maximum atomic E-state index is 11.0. The van der Waals surface area contributed by atoms with E-state index in [1.165, 1.54) is 0 Å². The van der Waals surface area contributed by atoms with Crippen molar-refractivity contribution in [3.63, 3.8) is 0 Å². The lowest BCUT2D eigenvalue weighted by atomic mass is 9.91. The maximum Gasteiger partial charge on any atom is 0.397 e. The summed E-state index contributed by atoms with van der Waals surface area (Å²) >= 11 is 0. The van der Waals surface area contributed by atoms with E-state index >= 15 is 0 Å². The molecule has 0 radical (unpaired) electrons. The quantitative estimate of drug-likeness (QED) is 0.446. The highest BCUT2D eigenvalue weighted by atomic mass is 32.3. The highest BCUT2D eigenvalue weighted by Gasteiger charge is 2.18. The smallest absolute Gasteiger partial charge is 0.264 e. The summed E-state index contributed by atoms with van der Waals surface area (Å²) in [4.78, 5) is 0. The van der Waals surface area contributed by atoms with Crippen LogP contribution in [0.3, 0.4) is 0 Å². The molecule has 0 fully saturated rings. The number of rotatable bonds is 3. The first-order chi connectivity index (χ1) is 10.9. The van der Waals surface area contributed by atoms with Crippen molar-refractivity contribution in [3.05, 3.63) is 60.2 Å². The molecule has 4 nitrogen and oxygen atoms in total. The molecule has 4 rings (SSSR count). The van der Waals surface area contributed by atoms with E-state index in [1.807, 2.05) is 30.3 Å². The number of hydrogen-bond donors (Lipinski definition) is 1. The van der Waals surface area contributed by atoms with Crippen LogP contribution < -0.4 is 0 Å². The van der Waals surface area contributed by atoms with Crippen LogP contribution in [0.15, 0.2) is 54.6 Å². The molecule has 23 heavy (non-hydrogen) atoms. The Morgan fingerprint density at radius 3 is 2.09 bits per heavy atom. The second kappa shape index (κ2) is 4.89. The van der Waals surface area contributed by atoms with Gasteiger partial charge >= 0.3 is 10.4 Å². The average Bonchev–Trinajstić information content (AvgIpc) is 2.50. The molecule has 1 N–H and O–H groups in total. The van der Waals surface area contributed by atoms with Gasteiger partial charge in [-0.05, 0) is 44.8 Å². The third-order valence-corrected chi connectivity index (χ3v) is 4.80. The van der Waals surface area contributed by atoms with Crippen LogP contribution in [0.5, 0.6) is 0 Å². The van der Waals surface area contributed by atoms with Crippen molar-refractivity contribution in [2.75, 3.05) is 0 Å². The fraction of sp³-hybridized carbons (Fsp3) is 0.111. The number of hydrogen-bond acceptors (Lipinski definition) is 3. The highest BCUT2D eigenvalue weighted by Crippen LogP contribution is 2.38. The van der Waals surface area contributed by atoms with Gasteiger partial charge in [0.2, 0.25) is 0 Å². The van der Waals surface area contributed by atoms with Crippen LogP contribution in [0.25, 0.3) is 32.3 Å². The molecule has 0 aliphatic heterocycles. The topological polar surface area (TPSA) is 63.6 Å². The van der Waals surface area contributed by atoms with Crippen molar-refractivity contribution >= 4 is 42.7 Å². The fourth-order valence-corrected chi connectivity index (χ4v) is 3.82. The lowest BCUT2D eigenvalue weighted by molar-refractivity contribution is 0.202. The Morgan fingerprint density at radius 1 is 0.870 bits per heavy atom. The van der Waals surface area contributed by atoms with Crippen LogP contribution in [0, 0.1) is 0 Å². The minimum atomic E-state index is -4.50. The van der Waals surface area contributed by atoms with E-state index in [1.54, 1.807) is 6.92 Å². The van der Waals surface area contributed by atoms with Gasteiger partial charge in [0.25, 0.3) is 0 Å². The molecule has 4 aromatic rings. The SMILES string of the molecule is CC(OS(=O)(=O)O)c1ccc2ccc3cccc4ccc1c2c34. The average molecular weight is 326 g/mol. The minimum Gasteiger partial charge on any atom is -0.264 e. The van der Waals surface area contributed by atoms with E-state index in [0.717, 1.165) is 37.9 Å². The van der Waals surface area contributed by atoms with E-state index in [-0.39, 0.29) is 0 Å². The lowest BCUT2D eigenvalue weighted by Crippen LogP contribution is -2.08. The molecule has 0 aliphatic rings. The van der Waals surface area contributed by atoms with Crippen molar-refractivity contribution in [2.45, 2.75) is 13.0 Å². The normalized spacial score (nSPS) is 14.0. The molecule has 0 spiro atoms. The fourth-order valence-electron chi connectivity index (χ4n) is 3.35. The van der Waals surface area contributed by atoms with Gasteiger partial charge in [0, 0.05) is 0 Å². The zero-order valence-corrected chi connectivity index (χ0v) is 13.2. The summed E-state index contributed by atoms with van der Waals surface area (Å²) in [6.07, 6.45) is -0.769. The van der Waals surface area contributed by atoms with Gasteiger partial charge in [-0.2, -0.15) is 8.42 Å². The predicted molar refractivity (Wildman–Crippen MR) is 91.2 cm³/mol. The zero-order chi connectivity index (χ0) is 16.2. The van der Waals surface area contributed by atoms with Crippen molar-refractivity contribution < 1.29 is 17.2 Å². The second-order valence-corrected chi connectivity index (χ2v) is 6.72. The summed E-state index contributed by atoms with van der Waals surface area (Å²) in [7, 11) is -4.50. The Morgan fingerprint density at radius 2 is 1.43 bits per heavy atom. The predicted octanol–water partition coefficient (Wildman–Crippen LogP) is 4.46. The molecular formula is C18H14O4S. The van der Waals surface area contributed by atoms with E-state index in [4.69, 9.17) is 8.74 Å². The summed E-state index contributed by atoms with van der Waals surface area (Å²) in [5.74, 6) is 0. The van der Waals surface area contributed by atoms with E-state index < -0.39 is 16.5 Å². The summed E-state index contributed by atoms with van der Waals surface area (Å²) < 4.78 is 35.7. The molecule has 5 heteroatoms. The molecule has 0 saturated carbocycles. The second-order valence-electron chi connectivity index (χ2n) is 5.68. The lowest BCUT2D eigenvalue weighted by Gasteiger charge is -2.17. The first-order valence-corrected chi connectivity index (χ1v) is 8.63. The van der Waals surface area contributed by atoms with Crippen molar-refractivity contribution in [1.82, 2.24) is 0 Å². The molecule has 0 saturated heterocycles. The van der Waals surface area contributed by atoms with Crippen LogP contribution in [0.2, 0.25) is 0 Å². The molecule has 1 unspecified atom stereocenters. The van der Waals surface area contributed by atoms with Crippen LogP contribution >= 0.6 is 0 Å². The van der Waals surface area contributed by atoms with E-state index in [0.29, 0.717) is 0 Å². The Labute approximate surface area is 133 Å². The molecular weight excluding hydrogens is 312 g/mol. The summed E-state index contributed by atoms with van der Waals surface area (Å²) in [5, 5.41) is 6.55. The van der Waals surface area contributed by atoms with Gasteiger partial charge in [-0.3, -0.25) is 4.55 Å². The first-order valence-electron chi connectivity index (χ1n) is 7.26. The van der Waals surface area contributed by atoms with Gasteiger partial charge in [-0.1, -0.05) is 54.6 Å². The van der Waals surface area contributed by atoms with Crippen LogP contribution in [0.1, 0.15) is 18.6 Å². The molecule has 116 valence electrons. The maximum absolute atomic E-state index is 11.0. The standard InChI is InChI=1S/C18H14O4S/c1-11(22-23(19,20)21)15-9-7-14-6-5-12-3-2-4-13-8-10-16(15)18(14)17(12)13/h2-11H,1H3,(H,19,20,21). The van der Waals surface area contributed by atoms with Gasteiger partial charge < -0.3 is 0 Å². The van der Waals surface area contributed by atoms with Crippen molar-refractivity contribution in [2.24, 2.45) is 0 Å². The summed E-state index contributed by atoms with van der Waals surface area (Å²) in [6, 6.07) is 18.1. The molecule has 0 aromatic heterocycles. The molecule has 0 heterocycles. The van der Waals surface area contributed by atoms with Gasteiger partial charge in [0.15, 0.2) is 0 Å². The third kappa shape index (κ3) is 2.34. The monoisotopic (exact) mass is 326 g/mol. The molecule has 0 amide bonds. The Bertz CT molecular complexity index is 1120. The van der Waals surface area contributed by atoms with Gasteiger partial charge in [-0.15, -0.1) is 0 Å². The van der Waals surface area contributed by atoms with Crippen molar-refractivity contribution in [1.29, 1.82) is 0 Å². The largest absolute Gasteiger partial charge is 0.397 e. The van der Waals surface area contributed by atoms with Crippen LogP contribution in [0.4, 0.5) is 0 Å². The third-order valence-electron chi connectivity index (χ3n) is 4.27. The molecule has 1 atom stereocenters. The van der Waals surface area contributed by atoms with Gasteiger partial charge in [-0.25, -0.2) is 4.18 Å². The summed E-state index contributed by atoms with van der Waals surface area (Å²) in [6.45, 7) is 1.61. The molecule has 0 aliphatic carbocycles. The highest BCUT2D eigenvalue weighted by molar-refractivity contribution is 7.80. The van der Waals surface area contributed by atoms with Gasteiger partial charge in [0.05, 0.1) is 0 Å². The minimum absolute atomic E-state index is 0.730. The summed E-state index contributed by atoms with van der Waals surface area (Å²) in [5.41, 5.74) is 0.730. The van der Waals surface area contributed by atoms with E-state index in [9.17, 15) is 8.42 Å². The first kappa shape index (κ1) is 14.4. The van der Waals surface area contributed by atoms with Crippen LogP contribution in [-0.2, 0) is 14.6 Å². The number of benzene rings is 4. The Hall–Kier alpha value is -2.21. The Kier molecular flexibility index (Phi) is 3.06. The van der Waals surface area contributed by atoms with Crippen molar-refractivity contribution in [3.8, 4) is 0 Å². The Balaban J connectivity index is 2.07. The molecule has 0 bridgehead atoms.